The van der Waals surface area contributed by atoms with E-state index in [4.69, 9.17) is 4.74 Å². The van der Waals surface area contributed by atoms with Crippen molar-refractivity contribution in [3.05, 3.63) is 76.7 Å². The average molecular weight is 471 g/mol. The lowest BCUT2D eigenvalue weighted by atomic mass is 10.0. The summed E-state index contributed by atoms with van der Waals surface area (Å²) in [6.07, 6.45) is 2.61. The maximum Gasteiger partial charge on any atom is 0.252 e. The monoisotopic (exact) mass is 470 g/mol. The van der Waals surface area contributed by atoms with Gasteiger partial charge in [0, 0.05) is 35.6 Å². The van der Waals surface area contributed by atoms with Crippen LogP contribution in [0.1, 0.15) is 28.8 Å². The molecule has 0 unspecified atom stereocenters. The van der Waals surface area contributed by atoms with Crippen LogP contribution >= 0.6 is 11.3 Å². The molecule has 4 rings (SSSR count). The number of methoxy groups -OCH3 is 1. The van der Waals surface area contributed by atoms with Crippen LogP contribution in [-0.4, -0.2) is 38.8 Å². The number of anilines is 1. The summed E-state index contributed by atoms with van der Waals surface area (Å²) in [5.74, 6) is 0.578. The third kappa shape index (κ3) is 5.20. The second kappa shape index (κ2) is 9.85. The van der Waals surface area contributed by atoms with Crippen LogP contribution in [0.5, 0.6) is 5.75 Å². The summed E-state index contributed by atoms with van der Waals surface area (Å²) in [6, 6.07) is 19.0. The van der Waals surface area contributed by atoms with E-state index in [-0.39, 0.29) is 12.3 Å². The predicted octanol–water partition coefficient (Wildman–Crippen LogP) is 4.31. The Hall–Kier alpha value is -2.68. The van der Waals surface area contributed by atoms with Gasteiger partial charge in [0.05, 0.1) is 13.5 Å². The van der Waals surface area contributed by atoms with Gasteiger partial charge in [-0.1, -0.05) is 30.3 Å². The zero-order valence-corrected chi connectivity index (χ0v) is 19.5. The van der Waals surface area contributed by atoms with Crippen molar-refractivity contribution in [1.29, 1.82) is 0 Å². The fourth-order valence-corrected chi connectivity index (χ4v) is 6.85. The van der Waals surface area contributed by atoms with Crippen LogP contribution < -0.4 is 10.1 Å². The first-order chi connectivity index (χ1) is 15.5. The van der Waals surface area contributed by atoms with E-state index >= 15 is 0 Å². The van der Waals surface area contributed by atoms with E-state index in [0.717, 1.165) is 34.6 Å². The van der Waals surface area contributed by atoms with Crippen molar-refractivity contribution >= 4 is 33.0 Å². The van der Waals surface area contributed by atoms with E-state index in [2.05, 4.69) is 17.4 Å². The van der Waals surface area contributed by atoms with Crippen molar-refractivity contribution in [2.75, 3.05) is 25.5 Å². The van der Waals surface area contributed by atoms with Gasteiger partial charge in [-0.15, -0.1) is 11.3 Å². The highest BCUT2D eigenvalue weighted by atomic mass is 32.2. The van der Waals surface area contributed by atoms with Crippen molar-refractivity contribution in [3.8, 4) is 5.75 Å². The van der Waals surface area contributed by atoms with Crippen molar-refractivity contribution < 1.29 is 17.9 Å². The highest BCUT2D eigenvalue weighted by Crippen LogP contribution is 2.28. The van der Waals surface area contributed by atoms with E-state index in [0.29, 0.717) is 29.4 Å². The van der Waals surface area contributed by atoms with Gasteiger partial charge in [-0.05, 0) is 48.7 Å². The molecule has 1 fully saturated rings. The van der Waals surface area contributed by atoms with Crippen molar-refractivity contribution in [2.24, 2.45) is 0 Å². The van der Waals surface area contributed by atoms with Crippen LogP contribution in [0.3, 0.4) is 0 Å². The van der Waals surface area contributed by atoms with Gasteiger partial charge >= 0.3 is 0 Å². The number of sulfonamides is 1. The second-order valence-electron chi connectivity index (χ2n) is 7.75. The molecule has 6 nitrogen and oxygen atoms in total. The lowest BCUT2D eigenvalue weighted by Gasteiger charge is -2.13. The molecular weight excluding hydrogens is 444 g/mol. The molecule has 8 heteroatoms. The maximum absolute atomic E-state index is 12.7. The zero-order valence-electron chi connectivity index (χ0n) is 17.9. The van der Waals surface area contributed by atoms with Gasteiger partial charge < -0.3 is 10.1 Å². The van der Waals surface area contributed by atoms with Gasteiger partial charge in [0.2, 0.25) is 5.91 Å². The quantitative estimate of drug-likeness (QED) is 0.532. The van der Waals surface area contributed by atoms with Gasteiger partial charge in [0.25, 0.3) is 10.0 Å². The third-order valence-electron chi connectivity index (χ3n) is 5.43. The third-order valence-corrected chi connectivity index (χ3v) is 8.88. The minimum absolute atomic E-state index is 0.125. The molecule has 2 heterocycles. The van der Waals surface area contributed by atoms with Crippen LogP contribution in [0.25, 0.3) is 0 Å². The summed E-state index contributed by atoms with van der Waals surface area (Å²) in [7, 11) is -1.82. The SMILES string of the molecule is COc1ccc(NC(=O)Cc2ccc(S(=O)(=O)N3CCCC3)s2)cc1Cc1ccccc1. The summed E-state index contributed by atoms with van der Waals surface area (Å²) in [5.41, 5.74) is 2.81. The van der Waals surface area contributed by atoms with Crippen LogP contribution in [-0.2, 0) is 27.7 Å². The van der Waals surface area contributed by atoms with Crippen molar-refractivity contribution in [2.45, 2.75) is 29.9 Å². The Bertz CT molecular complexity index is 1180. The Labute approximate surface area is 192 Å². The lowest BCUT2D eigenvalue weighted by molar-refractivity contribution is -0.115. The van der Waals surface area contributed by atoms with Crippen molar-refractivity contribution in [1.82, 2.24) is 4.31 Å². The molecule has 0 aliphatic carbocycles. The molecule has 1 amide bonds. The lowest BCUT2D eigenvalue weighted by Crippen LogP contribution is -2.27. The highest BCUT2D eigenvalue weighted by molar-refractivity contribution is 7.91. The summed E-state index contributed by atoms with van der Waals surface area (Å²) in [5, 5.41) is 2.92. The van der Waals surface area contributed by atoms with E-state index in [9.17, 15) is 13.2 Å². The molecule has 1 aliphatic rings. The topological polar surface area (TPSA) is 75.7 Å². The first kappa shape index (κ1) is 22.5. The minimum Gasteiger partial charge on any atom is -0.496 e. The van der Waals surface area contributed by atoms with Gasteiger partial charge in [0.15, 0.2) is 0 Å². The van der Waals surface area contributed by atoms with Crippen LogP contribution in [0.2, 0.25) is 0 Å². The highest BCUT2D eigenvalue weighted by Gasteiger charge is 2.28. The minimum atomic E-state index is -3.45. The number of nitrogens with zero attached hydrogens (tertiary/aromatic N) is 1. The summed E-state index contributed by atoms with van der Waals surface area (Å²) < 4.78 is 32.7. The fourth-order valence-electron chi connectivity index (χ4n) is 3.82. The number of ether oxygens (including phenoxy) is 1. The smallest absolute Gasteiger partial charge is 0.252 e. The number of thiophene rings is 1. The number of amides is 1. The van der Waals surface area contributed by atoms with Gasteiger partial charge in [0.1, 0.15) is 9.96 Å². The summed E-state index contributed by atoms with van der Waals surface area (Å²) in [6.45, 7) is 1.14. The number of hydrogen-bond donors (Lipinski definition) is 1. The molecule has 0 atom stereocenters. The second-order valence-corrected chi connectivity index (χ2v) is 11.1. The molecule has 3 aromatic rings. The van der Waals surface area contributed by atoms with Crippen LogP contribution in [0.15, 0.2) is 64.9 Å². The number of carbonyl (C=O) groups excluding carboxylic acids is 1. The molecule has 0 bridgehead atoms. The summed E-state index contributed by atoms with van der Waals surface area (Å²) >= 11 is 1.17. The number of rotatable bonds is 8. The first-order valence-electron chi connectivity index (χ1n) is 10.6. The standard InChI is InChI=1S/C24H26N2O4S2/c1-30-22-11-9-20(16-19(22)15-18-7-3-2-4-8-18)25-23(27)17-21-10-12-24(31-21)32(28,29)26-13-5-6-14-26/h2-4,7-12,16H,5-6,13-15,17H2,1H3,(H,25,27). The Morgan fingerprint density at radius 1 is 1.06 bits per heavy atom. The molecule has 0 spiro atoms. The molecule has 168 valence electrons. The van der Waals surface area contributed by atoms with Crippen LogP contribution in [0.4, 0.5) is 5.69 Å². The van der Waals surface area contributed by atoms with Crippen LogP contribution in [0, 0.1) is 0 Å². The predicted molar refractivity (Wildman–Crippen MR) is 127 cm³/mol. The van der Waals surface area contributed by atoms with Gasteiger partial charge in [-0.25, -0.2) is 8.42 Å². The largest absolute Gasteiger partial charge is 0.496 e. The fraction of sp³-hybridized carbons (Fsp3) is 0.292. The molecule has 2 aromatic carbocycles. The number of carbonyl (C=O) groups is 1. The Balaban J connectivity index is 1.43. The van der Waals surface area contributed by atoms with Gasteiger partial charge in [-0.2, -0.15) is 4.31 Å². The number of hydrogen-bond acceptors (Lipinski definition) is 5. The molecular formula is C24H26N2O4S2. The van der Waals surface area contributed by atoms with Gasteiger partial charge in [-0.3, -0.25) is 4.79 Å². The average Bonchev–Trinajstić information content (AvgIpc) is 3.48. The number of nitrogens with one attached hydrogen (secondary N) is 1. The normalized spacial score (nSPS) is 14.4. The Morgan fingerprint density at radius 3 is 2.53 bits per heavy atom. The molecule has 32 heavy (non-hydrogen) atoms. The molecule has 0 saturated carbocycles. The maximum atomic E-state index is 12.7. The van der Waals surface area contributed by atoms with Crippen molar-refractivity contribution in [3.63, 3.8) is 0 Å². The Morgan fingerprint density at radius 2 is 1.81 bits per heavy atom. The Kier molecular flexibility index (Phi) is 6.93. The molecule has 0 radical (unpaired) electrons. The first-order valence-corrected chi connectivity index (χ1v) is 12.8. The molecule has 1 aromatic heterocycles. The molecule has 1 saturated heterocycles. The van der Waals surface area contributed by atoms with E-state index < -0.39 is 10.0 Å². The van der Waals surface area contributed by atoms with E-state index in [1.165, 1.54) is 15.6 Å². The van der Waals surface area contributed by atoms with E-state index in [1.54, 1.807) is 19.2 Å². The number of benzene rings is 2. The molecule has 1 aliphatic heterocycles. The van der Waals surface area contributed by atoms with E-state index in [1.807, 2.05) is 36.4 Å². The molecule has 1 N–H and O–H groups in total. The summed E-state index contributed by atoms with van der Waals surface area (Å²) in [4.78, 5) is 13.3. The zero-order chi connectivity index (χ0) is 22.6.